The van der Waals surface area contributed by atoms with Crippen LogP contribution >= 0.6 is 34.7 Å². The number of anilines is 1. The van der Waals surface area contributed by atoms with Crippen molar-refractivity contribution in [1.29, 1.82) is 0 Å². The summed E-state index contributed by atoms with van der Waals surface area (Å²) in [5.74, 6) is 1.78. The molecule has 1 amide bonds. The Balaban J connectivity index is 1.72. The van der Waals surface area contributed by atoms with Crippen LogP contribution in [-0.2, 0) is 5.75 Å². The molecule has 3 rings (SSSR count). The number of halogens is 1. The number of hydrogen-bond acceptors (Lipinski definition) is 8. The van der Waals surface area contributed by atoms with E-state index < -0.39 is 0 Å². The van der Waals surface area contributed by atoms with Gasteiger partial charge in [0, 0.05) is 16.3 Å². The molecule has 10 heteroatoms. The molecule has 170 valence electrons. The number of benzene rings is 2. The molecule has 0 saturated carbocycles. The monoisotopic (exact) mass is 493 g/mol. The molecule has 0 unspecified atom stereocenters. The smallest absolute Gasteiger partial charge is 0.257 e. The van der Waals surface area contributed by atoms with Crippen molar-refractivity contribution < 1.29 is 19.0 Å². The van der Waals surface area contributed by atoms with E-state index in [4.69, 9.17) is 25.8 Å². The SMILES string of the molecule is CCOc1cc(C(=O)Nc2nnc(SCc3cccc(Cl)c3)s2)cc(OCC)c1OCC. The normalized spacial score (nSPS) is 10.6. The standard InChI is InChI=1S/C22H24ClN3O4S2/c1-4-28-17-11-15(12-18(29-5-2)19(17)30-6-3)20(27)24-21-25-26-22(32-21)31-13-14-8-7-9-16(23)10-14/h7-12H,4-6,13H2,1-3H3,(H,24,25,27). The Morgan fingerprint density at radius 3 is 2.34 bits per heavy atom. The molecule has 1 heterocycles. The summed E-state index contributed by atoms with van der Waals surface area (Å²) in [7, 11) is 0. The van der Waals surface area contributed by atoms with Crippen LogP contribution in [0.5, 0.6) is 17.2 Å². The lowest BCUT2D eigenvalue weighted by atomic mass is 10.1. The van der Waals surface area contributed by atoms with E-state index in [1.54, 1.807) is 12.1 Å². The number of aromatic nitrogens is 2. The molecule has 0 saturated heterocycles. The summed E-state index contributed by atoms with van der Waals surface area (Å²) in [5.41, 5.74) is 1.47. The van der Waals surface area contributed by atoms with E-state index in [9.17, 15) is 4.79 Å². The third kappa shape index (κ3) is 6.51. The van der Waals surface area contributed by atoms with Crippen molar-refractivity contribution in [2.75, 3.05) is 25.1 Å². The molecule has 0 aliphatic rings. The van der Waals surface area contributed by atoms with Crippen LogP contribution in [-0.4, -0.2) is 35.9 Å². The largest absolute Gasteiger partial charge is 0.490 e. The number of carbonyl (C=O) groups excluding carboxylic acids is 1. The quantitative estimate of drug-likeness (QED) is 0.261. The maximum Gasteiger partial charge on any atom is 0.257 e. The van der Waals surface area contributed by atoms with Gasteiger partial charge in [0.25, 0.3) is 5.91 Å². The van der Waals surface area contributed by atoms with Crippen molar-refractivity contribution in [3.05, 3.63) is 52.5 Å². The average molecular weight is 494 g/mol. The zero-order valence-electron chi connectivity index (χ0n) is 18.0. The van der Waals surface area contributed by atoms with Crippen molar-refractivity contribution >= 4 is 45.7 Å². The van der Waals surface area contributed by atoms with Gasteiger partial charge in [0.15, 0.2) is 15.8 Å². The first-order valence-corrected chi connectivity index (χ1v) is 12.3. The molecule has 1 N–H and O–H groups in total. The molecule has 2 aromatic carbocycles. The molecule has 0 bridgehead atoms. The van der Waals surface area contributed by atoms with Crippen molar-refractivity contribution in [2.24, 2.45) is 0 Å². The molecular formula is C22H24ClN3O4S2. The maximum absolute atomic E-state index is 12.9. The van der Waals surface area contributed by atoms with Crippen LogP contribution in [0.3, 0.4) is 0 Å². The molecule has 3 aromatic rings. The number of hydrogen-bond donors (Lipinski definition) is 1. The highest BCUT2D eigenvalue weighted by molar-refractivity contribution is 8.00. The van der Waals surface area contributed by atoms with Gasteiger partial charge >= 0.3 is 0 Å². The van der Waals surface area contributed by atoms with Gasteiger partial charge in [0.1, 0.15) is 0 Å². The number of rotatable bonds is 11. The molecule has 7 nitrogen and oxygen atoms in total. The van der Waals surface area contributed by atoms with E-state index in [0.717, 1.165) is 9.90 Å². The summed E-state index contributed by atoms with van der Waals surface area (Å²) in [4.78, 5) is 12.9. The van der Waals surface area contributed by atoms with Gasteiger partial charge in [-0.15, -0.1) is 10.2 Å². The second kappa shape index (κ2) is 11.9. The van der Waals surface area contributed by atoms with Gasteiger partial charge in [0.2, 0.25) is 10.9 Å². The number of thioether (sulfide) groups is 1. The minimum atomic E-state index is -0.336. The lowest BCUT2D eigenvalue weighted by Crippen LogP contribution is -2.13. The van der Waals surface area contributed by atoms with Gasteiger partial charge in [-0.25, -0.2) is 0 Å². The van der Waals surface area contributed by atoms with Gasteiger partial charge in [-0.3, -0.25) is 10.1 Å². The van der Waals surface area contributed by atoms with Gasteiger partial charge in [-0.1, -0.05) is 46.8 Å². The first kappa shape index (κ1) is 24.2. The van der Waals surface area contributed by atoms with Crippen molar-refractivity contribution in [1.82, 2.24) is 10.2 Å². The fourth-order valence-corrected chi connectivity index (χ4v) is 4.68. The van der Waals surface area contributed by atoms with E-state index >= 15 is 0 Å². The predicted molar refractivity (Wildman–Crippen MR) is 129 cm³/mol. The first-order valence-electron chi connectivity index (χ1n) is 10.1. The van der Waals surface area contributed by atoms with Crippen LogP contribution in [0.2, 0.25) is 5.02 Å². The van der Waals surface area contributed by atoms with Crippen LogP contribution in [0.15, 0.2) is 40.7 Å². The lowest BCUT2D eigenvalue weighted by molar-refractivity contribution is 0.102. The number of amides is 1. The Labute approximate surface area is 200 Å². The Morgan fingerprint density at radius 2 is 1.72 bits per heavy atom. The molecule has 0 aliphatic carbocycles. The summed E-state index contributed by atoms with van der Waals surface area (Å²) in [5, 5.41) is 12.1. The number of nitrogens with one attached hydrogen (secondary N) is 1. The Bertz CT molecular complexity index is 1030. The Hall–Kier alpha value is -2.49. The van der Waals surface area contributed by atoms with E-state index in [1.165, 1.54) is 23.1 Å². The van der Waals surface area contributed by atoms with E-state index in [-0.39, 0.29) is 5.91 Å². The third-order valence-corrected chi connectivity index (χ3v) is 6.33. The van der Waals surface area contributed by atoms with Crippen LogP contribution in [0.4, 0.5) is 5.13 Å². The molecule has 0 atom stereocenters. The third-order valence-electron chi connectivity index (χ3n) is 4.05. The molecule has 1 aromatic heterocycles. The van der Waals surface area contributed by atoms with Gasteiger partial charge in [0.05, 0.1) is 19.8 Å². The molecule has 32 heavy (non-hydrogen) atoms. The van der Waals surface area contributed by atoms with Crippen LogP contribution < -0.4 is 19.5 Å². The first-order chi connectivity index (χ1) is 15.5. The zero-order valence-corrected chi connectivity index (χ0v) is 20.4. The van der Waals surface area contributed by atoms with Crippen LogP contribution in [0.1, 0.15) is 36.7 Å². The van der Waals surface area contributed by atoms with Crippen molar-refractivity contribution in [3.63, 3.8) is 0 Å². The van der Waals surface area contributed by atoms with Gasteiger partial charge < -0.3 is 14.2 Å². The van der Waals surface area contributed by atoms with Crippen molar-refractivity contribution in [3.8, 4) is 17.2 Å². The number of carbonyl (C=O) groups is 1. The summed E-state index contributed by atoms with van der Waals surface area (Å²) >= 11 is 8.87. The summed E-state index contributed by atoms with van der Waals surface area (Å²) in [6.45, 7) is 6.93. The second-order valence-electron chi connectivity index (χ2n) is 6.35. The Morgan fingerprint density at radius 1 is 1.03 bits per heavy atom. The molecular weight excluding hydrogens is 470 g/mol. The fourth-order valence-electron chi connectivity index (χ4n) is 2.78. The highest BCUT2D eigenvalue weighted by atomic mass is 35.5. The van der Waals surface area contributed by atoms with Crippen LogP contribution in [0.25, 0.3) is 0 Å². The summed E-state index contributed by atoms with van der Waals surface area (Å²) in [6, 6.07) is 10.9. The summed E-state index contributed by atoms with van der Waals surface area (Å²) < 4.78 is 17.8. The van der Waals surface area contributed by atoms with Gasteiger partial charge in [-0.2, -0.15) is 0 Å². The highest BCUT2D eigenvalue weighted by Crippen LogP contribution is 2.39. The van der Waals surface area contributed by atoms with E-state index in [0.29, 0.717) is 58.5 Å². The molecule has 0 aliphatic heterocycles. The molecule has 0 spiro atoms. The lowest BCUT2D eigenvalue weighted by Gasteiger charge is -2.16. The topological polar surface area (TPSA) is 82.6 Å². The number of ether oxygens (including phenoxy) is 3. The maximum atomic E-state index is 12.9. The number of nitrogens with zero attached hydrogens (tertiary/aromatic N) is 2. The van der Waals surface area contributed by atoms with Crippen molar-refractivity contribution in [2.45, 2.75) is 30.9 Å². The van der Waals surface area contributed by atoms with E-state index in [1.807, 2.05) is 45.0 Å². The summed E-state index contributed by atoms with van der Waals surface area (Å²) in [6.07, 6.45) is 0. The zero-order chi connectivity index (χ0) is 22.9. The van der Waals surface area contributed by atoms with Crippen LogP contribution in [0, 0.1) is 0 Å². The molecule has 0 fully saturated rings. The fraction of sp³-hybridized carbons (Fsp3) is 0.318. The Kier molecular flexibility index (Phi) is 9.01. The predicted octanol–water partition coefficient (Wildman–Crippen LogP) is 5.93. The molecule has 0 radical (unpaired) electrons. The minimum Gasteiger partial charge on any atom is -0.490 e. The average Bonchev–Trinajstić information content (AvgIpc) is 3.22. The van der Waals surface area contributed by atoms with E-state index in [2.05, 4.69) is 15.5 Å². The highest BCUT2D eigenvalue weighted by Gasteiger charge is 2.19. The second-order valence-corrected chi connectivity index (χ2v) is 8.98. The minimum absolute atomic E-state index is 0.336. The van der Waals surface area contributed by atoms with Gasteiger partial charge in [-0.05, 0) is 50.6 Å².